The third-order valence-corrected chi connectivity index (χ3v) is 4.31. The number of aryl methyl sites for hydroxylation is 2. The summed E-state index contributed by atoms with van der Waals surface area (Å²) in [6.07, 6.45) is 2.43. The zero-order valence-electron chi connectivity index (χ0n) is 14.0. The lowest BCUT2D eigenvalue weighted by Crippen LogP contribution is -1.99. The van der Waals surface area contributed by atoms with Gasteiger partial charge < -0.3 is 14.1 Å². The van der Waals surface area contributed by atoms with Gasteiger partial charge in [-0.15, -0.1) is 0 Å². The summed E-state index contributed by atoms with van der Waals surface area (Å²) in [5.41, 5.74) is 3.74. The van der Waals surface area contributed by atoms with Crippen molar-refractivity contribution in [2.75, 3.05) is 0 Å². The van der Waals surface area contributed by atoms with Crippen LogP contribution in [-0.2, 0) is 6.54 Å². The maximum atomic E-state index is 11.0. The fraction of sp³-hybridized carbons (Fsp3) is 0.211. The molecule has 25 heavy (non-hydrogen) atoms. The first-order valence-corrected chi connectivity index (χ1v) is 8.18. The molecule has 4 rings (SSSR count). The van der Waals surface area contributed by atoms with Gasteiger partial charge in [-0.2, -0.15) is 0 Å². The van der Waals surface area contributed by atoms with Crippen LogP contribution in [0, 0.1) is 6.92 Å². The maximum absolute atomic E-state index is 11.0. The second-order valence-electron chi connectivity index (χ2n) is 5.99. The third-order valence-electron chi connectivity index (χ3n) is 4.31. The zero-order valence-corrected chi connectivity index (χ0v) is 14.0. The molecule has 4 aromatic rings. The minimum atomic E-state index is -1.19. The highest BCUT2D eigenvalue weighted by atomic mass is 16.4. The van der Waals surface area contributed by atoms with Gasteiger partial charge >= 0.3 is 11.9 Å². The van der Waals surface area contributed by atoms with Gasteiger partial charge in [-0.1, -0.05) is 25.1 Å². The van der Waals surface area contributed by atoms with Gasteiger partial charge in [0, 0.05) is 22.8 Å². The van der Waals surface area contributed by atoms with Gasteiger partial charge in [0.05, 0.1) is 17.4 Å². The van der Waals surface area contributed by atoms with Crippen molar-refractivity contribution in [3.05, 3.63) is 48.1 Å². The molecule has 0 amide bonds. The Morgan fingerprint density at radius 1 is 1.28 bits per heavy atom. The number of aromatic nitrogens is 3. The molecular formula is C19H17N3O3. The SMILES string of the molecule is CCCn1c2ccccc2c2cc(-c3cnc(C(=O)O)o3)nc(C)c21. The number of nitrogens with zero attached hydrogens (tertiary/aromatic N) is 3. The van der Waals surface area contributed by atoms with Crippen LogP contribution in [0.3, 0.4) is 0 Å². The fourth-order valence-electron chi connectivity index (χ4n) is 3.34. The van der Waals surface area contributed by atoms with Crippen LogP contribution in [0.4, 0.5) is 0 Å². The molecule has 0 bridgehead atoms. The molecule has 0 saturated heterocycles. The van der Waals surface area contributed by atoms with E-state index in [1.807, 2.05) is 25.1 Å². The van der Waals surface area contributed by atoms with E-state index in [0.717, 1.165) is 34.9 Å². The van der Waals surface area contributed by atoms with Crippen LogP contribution in [0.15, 0.2) is 40.9 Å². The predicted octanol–water partition coefficient (Wildman–Crippen LogP) is 4.26. The number of para-hydroxylation sites is 1. The van der Waals surface area contributed by atoms with Crippen molar-refractivity contribution in [3.63, 3.8) is 0 Å². The van der Waals surface area contributed by atoms with E-state index in [1.54, 1.807) is 0 Å². The minimum Gasteiger partial charge on any atom is -0.474 e. The number of carboxylic acid groups (broad SMARTS) is 1. The number of hydrogen-bond acceptors (Lipinski definition) is 4. The highest BCUT2D eigenvalue weighted by Crippen LogP contribution is 2.33. The summed E-state index contributed by atoms with van der Waals surface area (Å²) in [7, 11) is 0. The van der Waals surface area contributed by atoms with Gasteiger partial charge in [-0.05, 0) is 25.5 Å². The molecular weight excluding hydrogens is 318 g/mol. The van der Waals surface area contributed by atoms with E-state index >= 15 is 0 Å². The molecule has 0 radical (unpaired) electrons. The summed E-state index contributed by atoms with van der Waals surface area (Å²) in [6.45, 7) is 5.03. The van der Waals surface area contributed by atoms with Gasteiger partial charge in [0.15, 0.2) is 5.76 Å². The van der Waals surface area contributed by atoms with Gasteiger partial charge in [-0.3, -0.25) is 0 Å². The Hall–Kier alpha value is -3.15. The van der Waals surface area contributed by atoms with Crippen molar-refractivity contribution in [2.24, 2.45) is 0 Å². The van der Waals surface area contributed by atoms with Crippen molar-refractivity contribution in [2.45, 2.75) is 26.8 Å². The first-order valence-electron chi connectivity index (χ1n) is 8.18. The molecule has 0 aliphatic heterocycles. The summed E-state index contributed by atoms with van der Waals surface area (Å²) in [4.78, 5) is 19.4. The number of carbonyl (C=O) groups is 1. The van der Waals surface area contributed by atoms with E-state index in [2.05, 4.69) is 33.6 Å². The van der Waals surface area contributed by atoms with Crippen molar-refractivity contribution in [1.29, 1.82) is 0 Å². The predicted molar refractivity (Wildman–Crippen MR) is 94.7 cm³/mol. The second-order valence-corrected chi connectivity index (χ2v) is 5.99. The molecule has 126 valence electrons. The number of hydrogen-bond donors (Lipinski definition) is 1. The quantitative estimate of drug-likeness (QED) is 0.602. The van der Waals surface area contributed by atoms with Gasteiger partial charge in [0.2, 0.25) is 0 Å². The number of carboxylic acids is 1. The van der Waals surface area contributed by atoms with Crippen LogP contribution >= 0.6 is 0 Å². The third kappa shape index (κ3) is 2.38. The number of rotatable bonds is 4. The average Bonchev–Trinajstić information content (AvgIpc) is 3.20. The molecule has 0 spiro atoms. The zero-order chi connectivity index (χ0) is 17.6. The molecule has 1 N–H and O–H groups in total. The highest BCUT2D eigenvalue weighted by Gasteiger charge is 2.18. The van der Waals surface area contributed by atoms with Gasteiger partial charge in [-0.25, -0.2) is 14.8 Å². The van der Waals surface area contributed by atoms with Crippen LogP contribution in [0.5, 0.6) is 0 Å². The lowest BCUT2D eigenvalue weighted by molar-refractivity contribution is 0.0654. The highest BCUT2D eigenvalue weighted by molar-refractivity contribution is 6.09. The Labute approximate surface area is 143 Å². The first-order chi connectivity index (χ1) is 12.1. The molecule has 1 aromatic carbocycles. The largest absolute Gasteiger partial charge is 0.474 e. The van der Waals surface area contributed by atoms with Crippen molar-refractivity contribution in [3.8, 4) is 11.5 Å². The molecule has 6 nitrogen and oxygen atoms in total. The molecule has 0 atom stereocenters. The molecule has 0 saturated carbocycles. The topological polar surface area (TPSA) is 81.2 Å². The number of aromatic carboxylic acids is 1. The number of benzene rings is 1. The molecule has 0 aliphatic rings. The second kappa shape index (κ2) is 5.73. The van der Waals surface area contributed by atoms with E-state index in [4.69, 9.17) is 9.52 Å². The van der Waals surface area contributed by atoms with Crippen molar-refractivity contribution < 1.29 is 14.3 Å². The molecule has 0 fully saturated rings. The van der Waals surface area contributed by atoms with Crippen LogP contribution < -0.4 is 0 Å². The summed E-state index contributed by atoms with van der Waals surface area (Å²) >= 11 is 0. The Balaban J connectivity index is 2.00. The lowest BCUT2D eigenvalue weighted by Gasteiger charge is -2.07. The van der Waals surface area contributed by atoms with E-state index in [1.165, 1.54) is 11.7 Å². The minimum absolute atomic E-state index is 0.331. The number of oxazole rings is 1. The fourth-order valence-corrected chi connectivity index (χ4v) is 3.34. The van der Waals surface area contributed by atoms with Gasteiger partial charge in [0.25, 0.3) is 0 Å². The lowest BCUT2D eigenvalue weighted by atomic mass is 10.1. The summed E-state index contributed by atoms with van der Waals surface area (Å²) in [6, 6.07) is 10.2. The molecule has 3 heterocycles. The van der Waals surface area contributed by atoms with Crippen molar-refractivity contribution >= 4 is 27.8 Å². The van der Waals surface area contributed by atoms with Crippen LogP contribution in [0.2, 0.25) is 0 Å². The Morgan fingerprint density at radius 3 is 2.80 bits per heavy atom. The first kappa shape index (κ1) is 15.4. The van der Waals surface area contributed by atoms with E-state index in [-0.39, 0.29) is 5.89 Å². The Morgan fingerprint density at radius 2 is 2.08 bits per heavy atom. The van der Waals surface area contributed by atoms with Crippen LogP contribution in [-0.4, -0.2) is 25.6 Å². The van der Waals surface area contributed by atoms with E-state index < -0.39 is 5.97 Å². The molecule has 0 unspecified atom stereocenters. The Kier molecular flexibility index (Phi) is 3.53. The Bertz CT molecular complexity index is 1110. The maximum Gasteiger partial charge on any atom is 0.392 e. The normalized spacial score (nSPS) is 11.4. The number of fused-ring (bicyclic) bond motifs is 3. The van der Waals surface area contributed by atoms with Gasteiger partial charge in [0.1, 0.15) is 5.69 Å². The molecule has 3 aromatic heterocycles. The molecule has 0 aliphatic carbocycles. The van der Waals surface area contributed by atoms with E-state index in [9.17, 15) is 4.79 Å². The number of pyridine rings is 1. The molecule has 6 heteroatoms. The van der Waals surface area contributed by atoms with Crippen LogP contribution in [0.25, 0.3) is 33.3 Å². The van der Waals surface area contributed by atoms with Crippen LogP contribution in [0.1, 0.15) is 29.7 Å². The summed E-state index contributed by atoms with van der Waals surface area (Å²) in [5.74, 6) is -1.17. The smallest absolute Gasteiger partial charge is 0.392 e. The van der Waals surface area contributed by atoms with Crippen molar-refractivity contribution in [1.82, 2.24) is 14.5 Å². The standard InChI is InChI=1S/C19H17N3O3/c1-3-8-22-15-7-5-4-6-12(15)13-9-14(21-11(2)17(13)22)16-10-20-18(25-16)19(23)24/h4-7,9-10H,3,8H2,1-2H3,(H,23,24). The van der Waals surface area contributed by atoms with E-state index in [0.29, 0.717) is 11.5 Å². The average molecular weight is 335 g/mol. The summed E-state index contributed by atoms with van der Waals surface area (Å²) < 4.78 is 7.61. The summed E-state index contributed by atoms with van der Waals surface area (Å²) in [5, 5.41) is 11.2. The monoisotopic (exact) mass is 335 g/mol.